The maximum Gasteiger partial charge on any atom is 0.375 e. The molecule has 0 saturated heterocycles. The van der Waals surface area contributed by atoms with E-state index in [4.69, 9.17) is 9.47 Å². The van der Waals surface area contributed by atoms with Gasteiger partial charge in [-0.2, -0.15) is 0 Å². The minimum Gasteiger partial charge on any atom is -0.449 e. The molecule has 1 heterocycles. The first-order valence-electron chi connectivity index (χ1n) is 8.36. The minimum atomic E-state index is -3.43. The molecule has 1 unspecified atom stereocenters. The van der Waals surface area contributed by atoms with Gasteiger partial charge >= 0.3 is 5.97 Å². The van der Waals surface area contributed by atoms with Crippen LogP contribution in [0, 0.1) is 5.82 Å². The highest BCUT2D eigenvalue weighted by Crippen LogP contribution is 2.43. The normalized spacial score (nSPS) is 19.9. The zero-order chi connectivity index (χ0) is 19.8. The molecule has 0 spiro atoms. The topological polar surface area (TPSA) is 69.7 Å². The van der Waals surface area contributed by atoms with Crippen molar-refractivity contribution in [1.82, 2.24) is 0 Å². The van der Waals surface area contributed by atoms with E-state index in [0.717, 1.165) is 12.3 Å². The Morgan fingerprint density at radius 1 is 1.15 bits per heavy atom. The summed E-state index contributed by atoms with van der Waals surface area (Å²) < 4.78 is 48.5. The van der Waals surface area contributed by atoms with Crippen molar-refractivity contribution in [2.24, 2.45) is 0 Å². The van der Waals surface area contributed by atoms with Crippen LogP contribution in [0.5, 0.6) is 5.75 Å². The molecular formula is C20H19FO5S. The monoisotopic (exact) mass is 390 g/mol. The molecule has 0 bridgehead atoms. The van der Waals surface area contributed by atoms with Gasteiger partial charge in [-0.3, -0.25) is 0 Å². The average molecular weight is 390 g/mol. The summed E-state index contributed by atoms with van der Waals surface area (Å²) in [5, 5.41) is 0. The number of esters is 1. The van der Waals surface area contributed by atoms with Gasteiger partial charge in [0.1, 0.15) is 17.2 Å². The average Bonchev–Trinajstić information content (AvgIpc) is 2.85. The lowest BCUT2D eigenvalue weighted by atomic mass is 9.88. The quantitative estimate of drug-likeness (QED) is 0.728. The van der Waals surface area contributed by atoms with E-state index < -0.39 is 27.2 Å². The smallest absolute Gasteiger partial charge is 0.375 e. The fourth-order valence-corrected chi connectivity index (χ4v) is 3.62. The van der Waals surface area contributed by atoms with Crippen LogP contribution in [0.3, 0.4) is 0 Å². The zero-order valence-electron chi connectivity index (χ0n) is 15.2. The summed E-state index contributed by atoms with van der Waals surface area (Å²) in [4.78, 5) is 12.6. The van der Waals surface area contributed by atoms with Gasteiger partial charge in [-0.25, -0.2) is 17.6 Å². The van der Waals surface area contributed by atoms with E-state index in [1.54, 1.807) is 19.1 Å². The van der Waals surface area contributed by atoms with Gasteiger partial charge in [0.2, 0.25) is 5.76 Å². The van der Waals surface area contributed by atoms with Crippen LogP contribution in [0.4, 0.5) is 4.39 Å². The van der Waals surface area contributed by atoms with Crippen LogP contribution in [0.25, 0.3) is 5.57 Å². The highest BCUT2D eigenvalue weighted by molar-refractivity contribution is 7.90. The number of benzene rings is 2. The Morgan fingerprint density at radius 3 is 2.48 bits per heavy atom. The zero-order valence-corrected chi connectivity index (χ0v) is 16.0. The first-order chi connectivity index (χ1) is 12.6. The van der Waals surface area contributed by atoms with Crippen molar-refractivity contribution in [2.75, 3.05) is 6.26 Å². The lowest BCUT2D eigenvalue weighted by Crippen LogP contribution is -2.26. The highest BCUT2D eigenvalue weighted by Gasteiger charge is 2.45. The number of rotatable bonds is 5. The van der Waals surface area contributed by atoms with Gasteiger partial charge in [-0.1, -0.05) is 25.1 Å². The summed E-state index contributed by atoms with van der Waals surface area (Å²) >= 11 is 0. The van der Waals surface area contributed by atoms with Gasteiger partial charge in [-0.15, -0.1) is 0 Å². The molecule has 1 atom stereocenters. The number of carbonyl (C=O) groups excluding carboxylic acids is 1. The number of cyclic esters (lactones) is 1. The van der Waals surface area contributed by atoms with E-state index in [1.165, 1.54) is 30.3 Å². The van der Waals surface area contributed by atoms with Crippen LogP contribution in [-0.4, -0.2) is 26.2 Å². The molecule has 0 aliphatic carbocycles. The van der Waals surface area contributed by atoms with E-state index in [9.17, 15) is 17.6 Å². The molecule has 1 aliphatic heterocycles. The SMILES string of the molecule is CCC1(C)OC(=O)C(Oc2cccc(F)c2)=C1c1cccc(S(C)(=O)=O)c1. The van der Waals surface area contributed by atoms with Crippen molar-refractivity contribution in [3.63, 3.8) is 0 Å². The first-order valence-corrected chi connectivity index (χ1v) is 10.3. The standard InChI is InChI=1S/C20H19FO5S/c1-4-20(2)17(13-7-5-10-16(11-13)27(3,23)24)18(19(22)26-20)25-15-9-6-8-14(21)12-15/h5-12H,4H2,1-3H3. The number of carbonyl (C=O) groups is 1. The van der Waals surface area contributed by atoms with Gasteiger partial charge in [0, 0.05) is 12.3 Å². The van der Waals surface area contributed by atoms with Crippen molar-refractivity contribution < 1.29 is 27.1 Å². The second-order valence-electron chi connectivity index (χ2n) is 6.54. The fourth-order valence-electron chi connectivity index (χ4n) is 2.95. The molecule has 5 nitrogen and oxygen atoms in total. The number of halogens is 1. The van der Waals surface area contributed by atoms with Gasteiger partial charge in [-0.05, 0) is 43.2 Å². The summed E-state index contributed by atoms with van der Waals surface area (Å²) in [6.45, 7) is 3.58. The van der Waals surface area contributed by atoms with Crippen LogP contribution in [-0.2, 0) is 19.4 Å². The molecule has 0 saturated carbocycles. The van der Waals surface area contributed by atoms with Crippen molar-refractivity contribution in [3.05, 3.63) is 65.7 Å². The molecule has 3 rings (SSSR count). The fraction of sp³-hybridized carbons (Fsp3) is 0.250. The van der Waals surface area contributed by atoms with E-state index in [2.05, 4.69) is 0 Å². The lowest BCUT2D eigenvalue weighted by Gasteiger charge is -2.25. The van der Waals surface area contributed by atoms with Crippen LogP contribution >= 0.6 is 0 Å². The molecular weight excluding hydrogens is 371 g/mol. The molecule has 1 aliphatic rings. The maximum absolute atomic E-state index is 13.5. The Morgan fingerprint density at radius 2 is 1.85 bits per heavy atom. The summed E-state index contributed by atoms with van der Waals surface area (Å²) in [6.07, 6.45) is 1.56. The third-order valence-electron chi connectivity index (χ3n) is 4.50. The minimum absolute atomic E-state index is 0.0735. The highest BCUT2D eigenvalue weighted by atomic mass is 32.2. The number of hydrogen-bond donors (Lipinski definition) is 0. The molecule has 2 aromatic carbocycles. The first kappa shape index (κ1) is 19.1. The molecule has 7 heteroatoms. The van der Waals surface area contributed by atoms with E-state index >= 15 is 0 Å². The second-order valence-corrected chi connectivity index (χ2v) is 8.55. The molecule has 0 amide bonds. The Balaban J connectivity index is 2.18. The number of hydrogen-bond acceptors (Lipinski definition) is 5. The van der Waals surface area contributed by atoms with Crippen molar-refractivity contribution in [1.29, 1.82) is 0 Å². The lowest BCUT2D eigenvalue weighted by molar-refractivity contribution is -0.147. The van der Waals surface area contributed by atoms with Crippen molar-refractivity contribution >= 4 is 21.4 Å². The van der Waals surface area contributed by atoms with E-state index in [1.807, 2.05) is 6.92 Å². The molecule has 0 N–H and O–H groups in total. The summed E-state index contributed by atoms with van der Waals surface area (Å²) in [6, 6.07) is 11.7. The molecule has 0 aromatic heterocycles. The van der Waals surface area contributed by atoms with Crippen molar-refractivity contribution in [3.8, 4) is 5.75 Å². The number of sulfone groups is 1. The van der Waals surface area contributed by atoms with Crippen molar-refractivity contribution in [2.45, 2.75) is 30.8 Å². The second kappa shape index (κ2) is 6.81. The Bertz CT molecular complexity index is 1040. The molecule has 27 heavy (non-hydrogen) atoms. The Hall–Kier alpha value is -2.67. The summed E-state index contributed by atoms with van der Waals surface area (Å²) in [7, 11) is -3.43. The predicted octanol–water partition coefficient (Wildman–Crippen LogP) is 3.74. The van der Waals surface area contributed by atoms with Gasteiger partial charge in [0.15, 0.2) is 9.84 Å². The van der Waals surface area contributed by atoms with Gasteiger partial charge in [0.25, 0.3) is 0 Å². The van der Waals surface area contributed by atoms with E-state index in [0.29, 0.717) is 17.6 Å². The van der Waals surface area contributed by atoms with Crippen LogP contribution < -0.4 is 4.74 Å². The van der Waals surface area contributed by atoms with E-state index in [-0.39, 0.29) is 16.4 Å². The van der Waals surface area contributed by atoms with Gasteiger partial charge < -0.3 is 9.47 Å². The Kier molecular flexibility index (Phi) is 4.82. The molecule has 0 fully saturated rings. The summed E-state index contributed by atoms with van der Waals surface area (Å²) in [5.41, 5.74) is -0.0557. The molecule has 2 aromatic rings. The third-order valence-corrected chi connectivity index (χ3v) is 5.61. The number of ether oxygens (including phenoxy) is 2. The van der Waals surface area contributed by atoms with Gasteiger partial charge in [0.05, 0.1) is 10.5 Å². The van der Waals surface area contributed by atoms with Crippen LogP contribution in [0.2, 0.25) is 0 Å². The predicted molar refractivity (Wildman–Crippen MR) is 98.3 cm³/mol. The summed E-state index contributed by atoms with van der Waals surface area (Å²) in [5.74, 6) is -1.10. The largest absolute Gasteiger partial charge is 0.449 e. The van der Waals surface area contributed by atoms with Crippen LogP contribution in [0.1, 0.15) is 25.8 Å². The van der Waals surface area contributed by atoms with Crippen LogP contribution in [0.15, 0.2) is 59.2 Å². The maximum atomic E-state index is 13.5. The molecule has 142 valence electrons. The third kappa shape index (κ3) is 3.73. The Labute approximate surface area is 157 Å². The molecule has 0 radical (unpaired) electrons.